The summed E-state index contributed by atoms with van der Waals surface area (Å²) in [5, 5.41) is 3.96. The van der Waals surface area contributed by atoms with Crippen LogP contribution in [-0.2, 0) is 29.0 Å². The second kappa shape index (κ2) is 12.1. The average molecular weight is 463 g/mol. The topological polar surface area (TPSA) is 49.4 Å². The predicted octanol–water partition coefficient (Wildman–Crippen LogP) is 5.82. The van der Waals surface area contributed by atoms with E-state index in [1.165, 1.54) is 5.56 Å². The molecule has 6 heteroatoms. The van der Waals surface area contributed by atoms with Crippen LogP contribution in [0.25, 0.3) is 0 Å². The molecular formula is C25H32Cl2N2O2. The van der Waals surface area contributed by atoms with Crippen LogP contribution in [0.4, 0.5) is 0 Å². The third kappa shape index (κ3) is 7.55. The van der Waals surface area contributed by atoms with Crippen molar-refractivity contribution in [3.05, 3.63) is 69.2 Å². The van der Waals surface area contributed by atoms with Gasteiger partial charge in [-0.15, -0.1) is 0 Å². The molecule has 0 unspecified atom stereocenters. The zero-order valence-corrected chi connectivity index (χ0v) is 20.3. The molecule has 0 heterocycles. The number of carbonyl (C=O) groups excluding carboxylic acids is 2. The summed E-state index contributed by atoms with van der Waals surface area (Å²) < 4.78 is 0. The maximum Gasteiger partial charge on any atom is 0.243 e. The highest BCUT2D eigenvalue weighted by molar-refractivity contribution is 6.35. The molecule has 0 saturated heterocycles. The van der Waals surface area contributed by atoms with Crippen molar-refractivity contribution >= 4 is 35.0 Å². The van der Waals surface area contributed by atoms with Crippen LogP contribution in [0.3, 0.4) is 0 Å². The molecule has 0 aliphatic carbocycles. The largest absolute Gasteiger partial charge is 0.352 e. The molecule has 0 spiro atoms. The summed E-state index contributed by atoms with van der Waals surface area (Å²) in [6.45, 7) is 8.11. The lowest BCUT2D eigenvalue weighted by molar-refractivity contribution is -0.141. The van der Waals surface area contributed by atoms with Crippen LogP contribution >= 0.6 is 23.2 Å². The summed E-state index contributed by atoms with van der Waals surface area (Å²) in [4.78, 5) is 27.8. The van der Waals surface area contributed by atoms with Crippen LogP contribution in [0.15, 0.2) is 42.5 Å². The molecule has 2 amide bonds. The van der Waals surface area contributed by atoms with Crippen molar-refractivity contribution < 1.29 is 9.59 Å². The molecule has 0 fully saturated rings. The van der Waals surface area contributed by atoms with Crippen molar-refractivity contribution in [2.24, 2.45) is 0 Å². The van der Waals surface area contributed by atoms with E-state index < -0.39 is 6.04 Å². The molecule has 0 saturated carbocycles. The molecule has 2 rings (SSSR count). The molecular weight excluding hydrogens is 431 g/mol. The molecule has 1 atom stereocenters. The number of halogens is 2. The van der Waals surface area contributed by atoms with Crippen molar-refractivity contribution in [2.45, 2.75) is 72.0 Å². The van der Waals surface area contributed by atoms with Crippen molar-refractivity contribution in [1.29, 1.82) is 0 Å². The number of nitrogens with zero attached hydrogens (tertiary/aromatic N) is 1. The number of carbonyl (C=O) groups is 2. The summed E-state index contributed by atoms with van der Waals surface area (Å²) >= 11 is 12.4. The van der Waals surface area contributed by atoms with Gasteiger partial charge in [-0.1, -0.05) is 67.4 Å². The fraction of sp³-hybridized carbons (Fsp3) is 0.440. The zero-order valence-electron chi connectivity index (χ0n) is 18.8. The standard InChI is InChI=1S/C25H32Cl2N2O2/c1-5-18-7-9-19(10-8-18)11-14-24(30)29(23(6-2)25(31)28-17(3)4)16-20-12-13-21(26)15-22(20)27/h7-10,12-13,15,17,23H,5-6,11,14,16H2,1-4H3,(H,28,31)/t23-/m1/s1. The number of aryl methyl sites for hydroxylation is 2. The van der Waals surface area contributed by atoms with Crippen LogP contribution < -0.4 is 5.32 Å². The zero-order chi connectivity index (χ0) is 23.0. The normalized spacial score (nSPS) is 12.0. The molecule has 0 aliphatic rings. The van der Waals surface area contributed by atoms with Crippen LogP contribution in [0.1, 0.15) is 57.2 Å². The van der Waals surface area contributed by atoms with Gasteiger partial charge in [0.25, 0.3) is 0 Å². The predicted molar refractivity (Wildman–Crippen MR) is 129 cm³/mol. The Balaban J connectivity index is 2.23. The monoisotopic (exact) mass is 462 g/mol. The number of hydrogen-bond acceptors (Lipinski definition) is 2. The third-order valence-corrected chi connectivity index (χ3v) is 5.82. The molecule has 1 N–H and O–H groups in total. The van der Waals surface area contributed by atoms with Gasteiger partial charge in [0.1, 0.15) is 6.04 Å². The molecule has 0 aliphatic heterocycles. The fourth-order valence-corrected chi connectivity index (χ4v) is 3.94. The van der Waals surface area contributed by atoms with E-state index >= 15 is 0 Å². The first-order valence-corrected chi connectivity index (χ1v) is 11.6. The first kappa shape index (κ1) is 25.2. The van der Waals surface area contributed by atoms with Gasteiger partial charge >= 0.3 is 0 Å². The van der Waals surface area contributed by atoms with Crippen molar-refractivity contribution in [3.8, 4) is 0 Å². The highest BCUT2D eigenvalue weighted by Gasteiger charge is 2.29. The van der Waals surface area contributed by atoms with E-state index in [-0.39, 0.29) is 24.4 Å². The van der Waals surface area contributed by atoms with E-state index in [1.807, 2.05) is 26.8 Å². The van der Waals surface area contributed by atoms with Gasteiger partial charge in [-0.05, 0) is 61.9 Å². The van der Waals surface area contributed by atoms with Gasteiger partial charge in [-0.25, -0.2) is 0 Å². The van der Waals surface area contributed by atoms with Crippen molar-refractivity contribution in [2.75, 3.05) is 0 Å². The molecule has 4 nitrogen and oxygen atoms in total. The summed E-state index contributed by atoms with van der Waals surface area (Å²) in [5.74, 6) is -0.223. The molecule has 0 bridgehead atoms. The number of benzene rings is 2. The Kier molecular flexibility index (Phi) is 9.86. The minimum atomic E-state index is -0.566. The molecule has 168 valence electrons. The molecule has 0 radical (unpaired) electrons. The lowest BCUT2D eigenvalue weighted by atomic mass is 10.0. The summed E-state index contributed by atoms with van der Waals surface area (Å²) in [6, 6.07) is 13.0. The van der Waals surface area contributed by atoms with Gasteiger partial charge in [-0.3, -0.25) is 9.59 Å². The van der Waals surface area contributed by atoms with E-state index in [1.54, 1.807) is 17.0 Å². The Morgan fingerprint density at radius 1 is 1.00 bits per heavy atom. The number of amides is 2. The van der Waals surface area contributed by atoms with Crippen LogP contribution in [0.5, 0.6) is 0 Å². The third-order valence-electron chi connectivity index (χ3n) is 5.23. The molecule has 0 aromatic heterocycles. The van der Waals surface area contributed by atoms with Crippen LogP contribution in [-0.4, -0.2) is 28.8 Å². The second-order valence-corrected chi connectivity index (χ2v) is 8.86. The van der Waals surface area contributed by atoms with Crippen molar-refractivity contribution in [3.63, 3.8) is 0 Å². The summed E-state index contributed by atoms with van der Waals surface area (Å²) in [6.07, 6.45) is 2.44. The SMILES string of the molecule is CCc1ccc(CCC(=O)N(Cc2ccc(Cl)cc2Cl)[C@H](CC)C(=O)NC(C)C)cc1. The van der Waals surface area contributed by atoms with Crippen LogP contribution in [0, 0.1) is 0 Å². The van der Waals surface area contributed by atoms with E-state index in [2.05, 4.69) is 36.5 Å². The fourth-order valence-electron chi connectivity index (χ4n) is 3.47. The summed E-state index contributed by atoms with van der Waals surface area (Å²) in [7, 11) is 0. The number of rotatable bonds is 10. The van der Waals surface area contributed by atoms with Gasteiger partial charge in [-0.2, -0.15) is 0 Å². The Hall–Kier alpha value is -2.04. The van der Waals surface area contributed by atoms with E-state index in [0.717, 1.165) is 17.5 Å². The highest BCUT2D eigenvalue weighted by atomic mass is 35.5. The Labute approximate surface area is 195 Å². The minimum Gasteiger partial charge on any atom is -0.352 e. The average Bonchev–Trinajstić information content (AvgIpc) is 2.73. The van der Waals surface area contributed by atoms with E-state index in [4.69, 9.17) is 23.2 Å². The number of nitrogens with one attached hydrogen (secondary N) is 1. The Bertz CT molecular complexity index is 882. The maximum absolute atomic E-state index is 13.3. The van der Waals surface area contributed by atoms with Gasteiger partial charge in [0.05, 0.1) is 0 Å². The van der Waals surface area contributed by atoms with Crippen molar-refractivity contribution in [1.82, 2.24) is 10.2 Å². The Morgan fingerprint density at radius 2 is 1.65 bits per heavy atom. The van der Waals surface area contributed by atoms with E-state index in [9.17, 15) is 9.59 Å². The highest BCUT2D eigenvalue weighted by Crippen LogP contribution is 2.24. The van der Waals surface area contributed by atoms with Gasteiger partial charge < -0.3 is 10.2 Å². The number of hydrogen-bond donors (Lipinski definition) is 1. The minimum absolute atomic E-state index is 0.00491. The van der Waals surface area contributed by atoms with E-state index in [0.29, 0.717) is 29.3 Å². The quantitative estimate of drug-likeness (QED) is 0.483. The molecule has 2 aromatic rings. The Morgan fingerprint density at radius 3 is 2.19 bits per heavy atom. The lowest BCUT2D eigenvalue weighted by Gasteiger charge is -2.31. The summed E-state index contributed by atoms with van der Waals surface area (Å²) in [5.41, 5.74) is 3.14. The first-order valence-electron chi connectivity index (χ1n) is 10.9. The molecule has 2 aromatic carbocycles. The lowest BCUT2D eigenvalue weighted by Crippen LogP contribution is -2.50. The smallest absolute Gasteiger partial charge is 0.243 e. The maximum atomic E-state index is 13.3. The van der Waals surface area contributed by atoms with Crippen LogP contribution in [0.2, 0.25) is 10.0 Å². The second-order valence-electron chi connectivity index (χ2n) is 8.01. The van der Waals surface area contributed by atoms with Gasteiger partial charge in [0, 0.05) is 29.1 Å². The van der Waals surface area contributed by atoms with Gasteiger partial charge in [0.15, 0.2) is 0 Å². The molecule has 31 heavy (non-hydrogen) atoms. The first-order chi connectivity index (χ1) is 14.7. The van der Waals surface area contributed by atoms with Gasteiger partial charge in [0.2, 0.25) is 11.8 Å².